The molecule has 1 amide bonds. The molecule has 2 heterocycles. The Balaban J connectivity index is 1.87. The minimum Gasteiger partial charge on any atom is -0.366 e. The Labute approximate surface area is 154 Å². The molecule has 6 heteroatoms. The van der Waals surface area contributed by atoms with Crippen molar-refractivity contribution in [3.8, 4) is 11.4 Å². The zero-order valence-electron chi connectivity index (χ0n) is 15.2. The molecule has 6 nitrogen and oxygen atoms in total. The van der Waals surface area contributed by atoms with Gasteiger partial charge in [-0.15, -0.1) is 6.58 Å². The molecule has 0 saturated carbocycles. The molecule has 0 radical (unpaired) electrons. The summed E-state index contributed by atoms with van der Waals surface area (Å²) in [6, 6.07) is 11.4. The first kappa shape index (κ1) is 18.1. The maximum Gasteiger partial charge on any atom is 0.272 e. The molecular formula is C20H25N5O. The lowest BCUT2D eigenvalue weighted by atomic mass is 10.2. The normalized spacial score (nSPS) is 14.9. The van der Waals surface area contributed by atoms with Crippen molar-refractivity contribution >= 4 is 11.7 Å². The van der Waals surface area contributed by atoms with Gasteiger partial charge in [-0.25, -0.2) is 9.97 Å². The van der Waals surface area contributed by atoms with Crippen LogP contribution < -0.4 is 5.32 Å². The number of amides is 1. The van der Waals surface area contributed by atoms with Gasteiger partial charge in [0.25, 0.3) is 5.91 Å². The lowest BCUT2D eigenvalue weighted by Gasteiger charge is -2.33. The number of anilines is 1. The summed E-state index contributed by atoms with van der Waals surface area (Å²) in [6.07, 6.45) is 1.76. The average Bonchev–Trinajstić information content (AvgIpc) is 2.72. The lowest BCUT2D eigenvalue weighted by Crippen LogP contribution is -2.48. The monoisotopic (exact) mass is 351 g/mol. The van der Waals surface area contributed by atoms with Gasteiger partial charge in [0, 0.05) is 44.4 Å². The number of piperazine rings is 1. The topological polar surface area (TPSA) is 61.4 Å². The fourth-order valence-corrected chi connectivity index (χ4v) is 2.97. The first-order valence-corrected chi connectivity index (χ1v) is 9.02. The second kappa shape index (κ2) is 8.58. The molecule has 1 aromatic carbocycles. The third-order valence-corrected chi connectivity index (χ3v) is 4.51. The van der Waals surface area contributed by atoms with Gasteiger partial charge in [0.1, 0.15) is 11.5 Å². The maximum absolute atomic E-state index is 13.0. The average molecular weight is 351 g/mol. The van der Waals surface area contributed by atoms with Gasteiger partial charge in [0.15, 0.2) is 5.82 Å². The van der Waals surface area contributed by atoms with Crippen LogP contribution in [0.3, 0.4) is 0 Å². The highest BCUT2D eigenvalue weighted by atomic mass is 16.2. The van der Waals surface area contributed by atoms with Crippen LogP contribution in [0.1, 0.15) is 17.4 Å². The van der Waals surface area contributed by atoms with E-state index in [1.807, 2.05) is 35.2 Å². The van der Waals surface area contributed by atoms with Gasteiger partial charge in [0.2, 0.25) is 0 Å². The summed E-state index contributed by atoms with van der Waals surface area (Å²) in [7, 11) is 0. The second-order valence-corrected chi connectivity index (χ2v) is 6.22. The number of rotatable bonds is 6. The zero-order valence-corrected chi connectivity index (χ0v) is 15.2. The lowest BCUT2D eigenvalue weighted by molar-refractivity contribution is 0.0637. The summed E-state index contributed by atoms with van der Waals surface area (Å²) in [5.74, 6) is 1.14. The molecule has 1 fully saturated rings. The molecule has 0 aliphatic carbocycles. The van der Waals surface area contributed by atoms with Crippen molar-refractivity contribution in [2.45, 2.75) is 6.92 Å². The smallest absolute Gasteiger partial charge is 0.272 e. The van der Waals surface area contributed by atoms with E-state index in [1.165, 1.54) is 0 Å². The van der Waals surface area contributed by atoms with Gasteiger partial charge in [0.05, 0.1) is 0 Å². The molecule has 1 aliphatic heterocycles. The summed E-state index contributed by atoms with van der Waals surface area (Å²) >= 11 is 0. The summed E-state index contributed by atoms with van der Waals surface area (Å²) in [5, 5.41) is 3.17. The van der Waals surface area contributed by atoms with Crippen LogP contribution in [-0.2, 0) is 0 Å². The van der Waals surface area contributed by atoms with E-state index in [1.54, 1.807) is 12.1 Å². The van der Waals surface area contributed by atoms with Gasteiger partial charge >= 0.3 is 0 Å². The fourth-order valence-electron chi connectivity index (χ4n) is 2.97. The van der Waals surface area contributed by atoms with Crippen molar-refractivity contribution in [3.05, 3.63) is 54.7 Å². The van der Waals surface area contributed by atoms with Gasteiger partial charge in [-0.2, -0.15) is 0 Å². The van der Waals surface area contributed by atoms with Crippen molar-refractivity contribution < 1.29 is 4.79 Å². The number of nitrogens with zero attached hydrogens (tertiary/aromatic N) is 4. The van der Waals surface area contributed by atoms with Crippen molar-refractivity contribution in [1.29, 1.82) is 0 Å². The third kappa shape index (κ3) is 4.26. The Morgan fingerprint density at radius 2 is 1.92 bits per heavy atom. The molecule has 1 saturated heterocycles. The van der Waals surface area contributed by atoms with E-state index in [0.29, 0.717) is 23.9 Å². The summed E-state index contributed by atoms with van der Waals surface area (Å²) < 4.78 is 0. The summed E-state index contributed by atoms with van der Waals surface area (Å²) in [5.41, 5.74) is 1.31. The molecule has 1 aromatic heterocycles. The minimum atomic E-state index is -0.0398. The molecule has 0 atom stereocenters. The highest BCUT2D eigenvalue weighted by molar-refractivity contribution is 5.93. The number of benzene rings is 1. The highest BCUT2D eigenvalue weighted by Gasteiger charge is 2.23. The Morgan fingerprint density at radius 1 is 1.19 bits per heavy atom. The number of nitrogens with one attached hydrogen (secondary N) is 1. The van der Waals surface area contributed by atoms with Crippen LogP contribution in [0, 0.1) is 0 Å². The van der Waals surface area contributed by atoms with E-state index in [-0.39, 0.29) is 5.91 Å². The number of carbonyl (C=O) groups is 1. The van der Waals surface area contributed by atoms with Crippen LogP contribution in [-0.4, -0.2) is 64.9 Å². The summed E-state index contributed by atoms with van der Waals surface area (Å²) in [4.78, 5) is 26.3. The van der Waals surface area contributed by atoms with Crippen LogP contribution in [0.15, 0.2) is 49.1 Å². The Morgan fingerprint density at radius 3 is 2.58 bits per heavy atom. The Kier molecular flexibility index (Phi) is 5.96. The number of hydrogen-bond donors (Lipinski definition) is 1. The van der Waals surface area contributed by atoms with Crippen molar-refractivity contribution in [2.75, 3.05) is 44.6 Å². The van der Waals surface area contributed by atoms with Crippen molar-refractivity contribution in [1.82, 2.24) is 19.8 Å². The molecule has 3 rings (SSSR count). The van der Waals surface area contributed by atoms with E-state index in [4.69, 9.17) is 0 Å². The molecular weight excluding hydrogens is 326 g/mol. The van der Waals surface area contributed by atoms with Gasteiger partial charge in [-0.1, -0.05) is 43.3 Å². The second-order valence-electron chi connectivity index (χ2n) is 6.22. The molecule has 26 heavy (non-hydrogen) atoms. The van der Waals surface area contributed by atoms with Gasteiger partial charge in [-0.3, -0.25) is 4.79 Å². The summed E-state index contributed by atoms with van der Waals surface area (Å²) in [6.45, 7) is 10.7. The fraction of sp³-hybridized carbons (Fsp3) is 0.350. The van der Waals surface area contributed by atoms with Crippen LogP contribution in [0.25, 0.3) is 11.4 Å². The largest absolute Gasteiger partial charge is 0.366 e. The van der Waals surface area contributed by atoms with E-state index in [0.717, 1.165) is 38.3 Å². The standard InChI is InChI=1S/C20H25N5O/c1-3-10-21-18-15-17(20(26)25-13-11-24(4-2)12-14-25)22-19(23-18)16-8-6-5-7-9-16/h3,5-9,15H,1,4,10-14H2,2H3,(H,21,22,23). The van der Waals surface area contributed by atoms with Crippen LogP contribution in [0.4, 0.5) is 5.82 Å². The van der Waals surface area contributed by atoms with Crippen molar-refractivity contribution in [3.63, 3.8) is 0 Å². The number of carbonyl (C=O) groups excluding carboxylic acids is 1. The Bertz CT molecular complexity index is 754. The maximum atomic E-state index is 13.0. The van der Waals surface area contributed by atoms with Crippen LogP contribution in [0.5, 0.6) is 0 Å². The number of aromatic nitrogens is 2. The molecule has 2 aromatic rings. The van der Waals surface area contributed by atoms with Crippen molar-refractivity contribution in [2.24, 2.45) is 0 Å². The quantitative estimate of drug-likeness (QED) is 0.811. The molecule has 0 spiro atoms. The molecule has 136 valence electrons. The van der Waals surface area contributed by atoms with Crippen LogP contribution >= 0.6 is 0 Å². The molecule has 0 bridgehead atoms. The van der Waals surface area contributed by atoms with E-state index in [9.17, 15) is 4.79 Å². The number of hydrogen-bond acceptors (Lipinski definition) is 5. The van der Waals surface area contributed by atoms with Gasteiger partial charge in [-0.05, 0) is 6.54 Å². The highest BCUT2D eigenvalue weighted by Crippen LogP contribution is 2.19. The van der Waals surface area contributed by atoms with E-state index < -0.39 is 0 Å². The van der Waals surface area contributed by atoms with E-state index >= 15 is 0 Å². The molecule has 0 unspecified atom stereocenters. The Hall–Kier alpha value is -2.73. The first-order chi connectivity index (χ1) is 12.7. The first-order valence-electron chi connectivity index (χ1n) is 9.02. The van der Waals surface area contributed by atoms with Gasteiger partial charge < -0.3 is 15.1 Å². The number of likely N-dealkylation sites (N-methyl/N-ethyl adjacent to an activating group) is 1. The molecule has 1 N–H and O–H groups in total. The molecule has 1 aliphatic rings. The van der Waals surface area contributed by atoms with Crippen LogP contribution in [0.2, 0.25) is 0 Å². The predicted octanol–water partition coefficient (Wildman–Crippen LogP) is 2.52. The van der Waals surface area contributed by atoms with E-state index in [2.05, 4.69) is 33.7 Å². The SMILES string of the molecule is C=CCNc1cc(C(=O)N2CCN(CC)CC2)nc(-c2ccccc2)n1. The predicted molar refractivity (Wildman–Crippen MR) is 104 cm³/mol. The zero-order chi connectivity index (χ0) is 18.4. The minimum absolute atomic E-state index is 0.0398. The third-order valence-electron chi connectivity index (χ3n) is 4.51.